The molecule has 2 aromatic carbocycles. The van der Waals surface area contributed by atoms with Gasteiger partial charge in [0, 0.05) is 31.3 Å². The Kier molecular flexibility index (Phi) is 5.63. The second-order valence-electron chi connectivity index (χ2n) is 5.28. The Balaban J connectivity index is 2.10. The van der Waals surface area contributed by atoms with Gasteiger partial charge in [0.05, 0.1) is 4.92 Å². The average molecular weight is 300 g/mol. The van der Waals surface area contributed by atoms with Crippen LogP contribution >= 0.6 is 0 Å². The summed E-state index contributed by atoms with van der Waals surface area (Å²) in [7, 11) is 1.99. The van der Waals surface area contributed by atoms with Crippen LogP contribution in [0.15, 0.2) is 54.6 Å². The monoisotopic (exact) mass is 300 g/mol. The fourth-order valence-corrected chi connectivity index (χ4v) is 2.56. The summed E-state index contributed by atoms with van der Waals surface area (Å²) in [5.41, 5.74) is 2.26. The number of aliphatic hydroxyl groups is 1. The molecule has 0 amide bonds. The van der Waals surface area contributed by atoms with Gasteiger partial charge in [-0.15, -0.1) is 0 Å². The molecule has 0 aromatic heterocycles. The highest BCUT2D eigenvalue weighted by Gasteiger charge is 2.17. The molecule has 0 radical (unpaired) electrons. The summed E-state index contributed by atoms with van der Waals surface area (Å²) in [6, 6.07) is 16.7. The van der Waals surface area contributed by atoms with Crippen molar-refractivity contribution in [1.82, 2.24) is 4.90 Å². The Morgan fingerprint density at radius 1 is 1.14 bits per heavy atom. The van der Waals surface area contributed by atoms with E-state index in [4.69, 9.17) is 0 Å². The van der Waals surface area contributed by atoms with Crippen LogP contribution in [0.4, 0.5) is 5.69 Å². The fourth-order valence-electron chi connectivity index (χ4n) is 2.56. The van der Waals surface area contributed by atoms with Gasteiger partial charge < -0.3 is 5.11 Å². The van der Waals surface area contributed by atoms with E-state index >= 15 is 0 Å². The SMILES string of the molecule is CN(Cc1ccc([N+](=O)[O-])cc1)C(CCO)c1ccccc1. The third kappa shape index (κ3) is 4.13. The van der Waals surface area contributed by atoms with E-state index in [1.165, 1.54) is 12.1 Å². The summed E-state index contributed by atoms with van der Waals surface area (Å²) in [6.07, 6.45) is 0.646. The number of non-ortho nitro benzene ring substituents is 1. The first-order valence-electron chi connectivity index (χ1n) is 7.21. The van der Waals surface area contributed by atoms with E-state index in [0.717, 1.165) is 11.1 Å². The summed E-state index contributed by atoms with van der Waals surface area (Å²) in [5.74, 6) is 0. The zero-order valence-electron chi connectivity index (χ0n) is 12.6. The second-order valence-corrected chi connectivity index (χ2v) is 5.28. The van der Waals surface area contributed by atoms with Crippen molar-refractivity contribution in [3.63, 3.8) is 0 Å². The Hall–Kier alpha value is -2.24. The fraction of sp³-hybridized carbons (Fsp3) is 0.294. The molecule has 0 spiro atoms. The number of hydrogen-bond acceptors (Lipinski definition) is 4. The van der Waals surface area contributed by atoms with Crippen LogP contribution in [0.5, 0.6) is 0 Å². The van der Waals surface area contributed by atoms with E-state index in [-0.39, 0.29) is 18.3 Å². The molecule has 1 atom stereocenters. The lowest BCUT2D eigenvalue weighted by molar-refractivity contribution is -0.384. The highest BCUT2D eigenvalue weighted by molar-refractivity contribution is 5.33. The van der Waals surface area contributed by atoms with Gasteiger partial charge in [0.2, 0.25) is 0 Å². The predicted octanol–water partition coefficient (Wildman–Crippen LogP) is 3.15. The van der Waals surface area contributed by atoms with Crippen LogP contribution in [0.25, 0.3) is 0 Å². The molecule has 1 N–H and O–H groups in total. The third-order valence-electron chi connectivity index (χ3n) is 3.70. The largest absolute Gasteiger partial charge is 0.396 e. The summed E-state index contributed by atoms with van der Waals surface area (Å²) in [6.45, 7) is 0.779. The summed E-state index contributed by atoms with van der Waals surface area (Å²) in [5, 5.41) is 20.0. The van der Waals surface area contributed by atoms with Crippen molar-refractivity contribution < 1.29 is 10.0 Å². The topological polar surface area (TPSA) is 66.6 Å². The summed E-state index contributed by atoms with van der Waals surface area (Å²) in [4.78, 5) is 12.4. The molecule has 0 fully saturated rings. The van der Waals surface area contributed by atoms with Gasteiger partial charge in [0.15, 0.2) is 0 Å². The maximum Gasteiger partial charge on any atom is 0.269 e. The molecule has 22 heavy (non-hydrogen) atoms. The van der Waals surface area contributed by atoms with Crippen LogP contribution in [-0.4, -0.2) is 28.6 Å². The maximum absolute atomic E-state index is 10.7. The highest BCUT2D eigenvalue weighted by atomic mass is 16.6. The molecule has 116 valence electrons. The average Bonchev–Trinajstić information content (AvgIpc) is 2.53. The molecular weight excluding hydrogens is 280 g/mol. The highest BCUT2D eigenvalue weighted by Crippen LogP contribution is 2.24. The lowest BCUT2D eigenvalue weighted by atomic mass is 10.0. The Labute approximate surface area is 130 Å². The number of rotatable bonds is 7. The molecule has 2 aromatic rings. The third-order valence-corrected chi connectivity index (χ3v) is 3.70. The van der Waals surface area contributed by atoms with Gasteiger partial charge in [0.25, 0.3) is 5.69 Å². The van der Waals surface area contributed by atoms with E-state index in [2.05, 4.69) is 4.90 Å². The van der Waals surface area contributed by atoms with Crippen LogP contribution < -0.4 is 0 Å². The van der Waals surface area contributed by atoms with Crippen LogP contribution in [-0.2, 0) is 6.54 Å². The van der Waals surface area contributed by atoms with Gasteiger partial charge in [-0.1, -0.05) is 42.5 Å². The van der Waals surface area contributed by atoms with Gasteiger partial charge in [-0.2, -0.15) is 0 Å². The zero-order valence-corrected chi connectivity index (χ0v) is 12.6. The van der Waals surface area contributed by atoms with Crippen molar-refractivity contribution in [1.29, 1.82) is 0 Å². The normalized spacial score (nSPS) is 12.3. The van der Waals surface area contributed by atoms with Gasteiger partial charge in [-0.05, 0) is 24.6 Å². The Morgan fingerprint density at radius 2 is 1.77 bits per heavy atom. The number of hydrogen-bond donors (Lipinski definition) is 1. The van der Waals surface area contributed by atoms with Crippen LogP contribution in [0, 0.1) is 10.1 Å². The predicted molar refractivity (Wildman–Crippen MR) is 85.4 cm³/mol. The maximum atomic E-state index is 10.7. The van der Waals surface area contributed by atoms with Gasteiger partial charge in [-0.25, -0.2) is 0 Å². The Morgan fingerprint density at radius 3 is 2.32 bits per heavy atom. The number of benzene rings is 2. The van der Waals surface area contributed by atoms with E-state index in [1.807, 2.05) is 37.4 Å². The number of nitrogens with zero attached hydrogens (tertiary/aromatic N) is 2. The number of aliphatic hydroxyl groups excluding tert-OH is 1. The molecule has 0 aliphatic carbocycles. The lowest BCUT2D eigenvalue weighted by Gasteiger charge is -2.28. The molecule has 0 saturated heterocycles. The molecule has 5 heteroatoms. The molecule has 1 unspecified atom stereocenters. The molecule has 0 aliphatic rings. The van der Waals surface area contributed by atoms with Crippen LogP contribution in [0.1, 0.15) is 23.6 Å². The first-order valence-corrected chi connectivity index (χ1v) is 7.21. The smallest absolute Gasteiger partial charge is 0.269 e. The second kappa shape index (κ2) is 7.68. The molecule has 0 aliphatic heterocycles. The van der Waals surface area contributed by atoms with E-state index < -0.39 is 4.92 Å². The minimum atomic E-state index is -0.397. The van der Waals surface area contributed by atoms with Crippen molar-refractivity contribution in [2.75, 3.05) is 13.7 Å². The lowest BCUT2D eigenvalue weighted by Crippen LogP contribution is -2.25. The first kappa shape index (κ1) is 16.1. The summed E-state index contributed by atoms with van der Waals surface area (Å²) >= 11 is 0. The van der Waals surface area contributed by atoms with E-state index in [0.29, 0.717) is 13.0 Å². The summed E-state index contributed by atoms with van der Waals surface area (Å²) < 4.78 is 0. The van der Waals surface area contributed by atoms with Crippen molar-refractivity contribution in [3.05, 3.63) is 75.8 Å². The van der Waals surface area contributed by atoms with Gasteiger partial charge >= 0.3 is 0 Å². The minimum absolute atomic E-state index is 0.0985. The zero-order chi connectivity index (χ0) is 15.9. The molecular formula is C17H20N2O3. The van der Waals surface area contributed by atoms with E-state index in [1.54, 1.807) is 12.1 Å². The molecule has 2 rings (SSSR count). The molecule has 0 heterocycles. The van der Waals surface area contributed by atoms with Gasteiger partial charge in [0.1, 0.15) is 0 Å². The Bertz CT molecular complexity index is 599. The molecule has 0 bridgehead atoms. The van der Waals surface area contributed by atoms with Crippen molar-refractivity contribution in [2.24, 2.45) is 0 Å². The van der Waals surface area contributed by atoms with Crippen molar-refractivity contribution >= 4 is 5.69 Å². The molecule has 0 saturated carbocycles. The van der Waals surface area contributed by atoms with Crippen molar-refractivity contribution in [3.8, 4) is 0 Å². The van der Waals surface area contributed by atoms with Crippen molar-refractivity contribution in [2.45, 2.75) is 19.0 Å². The van der Waals surface area contributed by atoms with Gasteiger partial charge in [-0.3, -0.25) is 15.0 Å². The minimum Gasteiger partial charge on any atom is -0.396 e. The first-order chi connectivity index (χ1) is 10.6. The molecule has 5 nitrogen and oxygen atoms in total. The van der Waals surface area contributed by atoms with Crippen LogP contribution in [0.2, 0.25) is 0 Å². The number of nitro benzene ring substituents is 1. The quantitative estimate of drug-likeness (QED) is 0.630. The van der Waals surface area contributed by atoms with Crippen LogP contribution in [0.3, 0.4) is 0 Å². The standard InChI is InChI=1S/C17H20N2O3/c1-18(13-14-7-9-16(10-8-14)19(21)22)17(11-12-20)15-5-3-2-4-6-15/h2-10,17,20H,11-13H2,1H3. The number of nitro groups is 1. The van der Waals surface area contributed by atoms with E-state index in [9.17, 15) is 15.2 Å².